The van der Waals surface area contributed by atoms with E-state index in [0.717, 1.165) is 43.7 Å². The van der Waals surface area contributed by atoms with Crippen LogP contribution in [0.4, 0.5) is 11.4 Å². The Morgan fingerprint density at radius 3 is 2.72 bits per heavy atom. The number of hydrogen-bond acceptors (Lipinski definition) is 6. The summed E-state index contributed by atoms with van der Waals surface area (Å²) in [5.74, 6) is -0.137. The normalized spacial score (nSPS) is 19.2. The number of esters is 1. The van der Waals surface area contributed by atoms with E-state index in [4.69, 9.17) is 4.74 Å². The Bertz CT molecular complexity index is 995. The minimum atomic E-state index is -0.137. The molecule has 2 aliphatic rings. The van der Waals surface area contributed by atoms with Crippen LogP contribution in [0.25, 0.3) is 10.2 Å². The lowest BCUT2D eigenvalue weighted by atomic mass is 10.1. The molecule has 2 aromatic heterocycles. The predicted molar refractivity (Wildman–Crippen MR) is 118 cm³/mol. The van der Waals surface area contributed by atoms with Gasteiger partial charge in [-0.05, 0) is 48.1 Å². The van der Waals surface area contributed by atoms with Crippen LogP contribution >= 0.6 is 11.3 Å². The number of pyridine rings is 1. The maximum absolute atomic E-state index is 12.5. The minimum absolute atomic E-state index is 0.0467. The second-order valence-corrected chi connectivity index (χ2v) is 8.77. The Balaban J connectivity index is 1.17. The van der Waals surface area contributed by atoms with Crippen molar-refractivity contribution in [3.8, 4) is 0 Å². The summed E-state index contributed by atoms with van der Waals surface area (Å²) >= 11 is 1.71. The third-order valence-corrected chi connectivity index (χ3v) is 6.79. The van der Waals surface area contributed by atoms with Crippen LogP contribution in [0.5, 0.6) is 0 Å². The van der Waals surface area contributed by atoms with Gasteiger partial charge >= 0.3 is 5.97 Å². The summed E-state index contributed by atoms with van der Waals surface area (Å²) in [6, 6.07) is 12.5. The molecule has 29 heavy (non-hydrogen) atoms. The lowest BCUT2D eigenvalue weighted by molar-refractivity contribution is -0.147. The third kappa shape index (κ3) is 3.94. The van der Waals surface area contributed by atoms with Gasteiger partial charge < -0.3 is 14.5 Å². The highest BCUT2D eigenvalue weighted by molar-refractivity contribution is 7.17. The monoisotopic (exact) mass is 407 g/mol. The average molecular weight is 408 g/mol. The van der Waals surface area contributed by atoms with Gasteiger partial charge in [0.2, 0.25) is 0 Å². The Hall–Kier alpha value is -2.60. The van der Waals surface area contributed by atoms with E-state index in [2.05, 4.69) is 50.5 Å². The van der Waals surface area contributed by atoms with E-state index in [-0.39, 0.29) is 12.1 Å². The quantitative estimate of drug-likeness (QED) is 0.592. The first-order valence-corrected chi connectivity index (χ1v) is 11.2. The number of thiophene rings is 1. The fraction of sp³-hybridized carbons (Fsp3) is 0.391. The summed E-state index contributed by atoms with van der Waals surface area (Å²) in [5.41, 5.74) is 4.50. The number of ether oxygens (including phenoxy) is 1. The molecule has 2 saturated heterocycles. The summed E-state index contributed by atoms with van der Waals surface area (Å²) in [7, 11) is 0. The van der Waals surface area contributed by atoms with Gasteiger partial charge in [-0.2, -0.15) is 0 Å². The summed E-state index contributed by atoms with van der Waals surface area (Å²) in [4.78, 5) is 21.6. The summed E-state index contributed by atoms with van der Waals surface area (Å²) in [5, 5.41) is 2.07. The minimum Gasteiger partial charge on any atom is -0.460 e. The first kappa shape index (κ1) is 18.4. The number of carbonyl (C=O) groups excluding carboxylic acids is 1. The van der Waals surface area contributed by atoms with Gasteiger partial charge in [-0.3, -0.25) is 9.78 Å². The number of aromatic nitrogens is 1. The Morgan fingerprint density at radius 2 is 1.90 bits per heavy atom. The van der Waals surface area contributed by atoms with E-state index >= 15 is 0 Å². The molecule has 6 heteroatoms. The molecule has 0 aliphatic carbocycles. The largest absolute Gasteiger partial charge is 0.460 e. The van der Waals surface area contributed by atoms with Gasteiger partial charge in [0.25, 0.3) is 0 Å². The number of rotatable bonds is 5. The Labute approximate surface area is 174 Å². The van der Waals surface area contributed by atoms with Gasteiger partial charge in [0.1, 0.15) is 6.10 Å². The molecule has 0 radical (unpaired) electrons. The number of nitrogens with zero attached hydrogens (tertiary/aromatic N) is 3. The van der Waals surface area contributed by atoms with Crippen molar-refractivity contribution in [3.05, 3.63) is 53.5 Å². The first-order valence-electron chi connectivity index (χ1n) is 10.4. The maximum atomic E-state index is 12.5. The van der Waals surface area contributed by atoms with Crippen LogP contribution in [0.3, 0.4) is 0 Å². The Kier molecular flexibility index (Phi) is 5.10. The third-order valence-electron chi connectivity index (χ3n) is 5.86. The molecule has 5 rings (SSSR count). The van der Waals surface area contributed by atoms with E-state index in [9.17, 15) is 4.79 Å². The SMILES string of the molecule is O=C(Cc1ccc(N2CCCC2)cc1)OC1CCN(c2ccnc3ccsc23)C1. The highest BCUT2D eigenvalue weighted by atomic mass is 32.1. The van der Waals surface area contributed by atoms with Gasteiger partial charge in [0.15, 0.2) is 0 Å². The van der Waals surface area contributed by atoms with Gasteiger partial charge in [0.05, 0.1) is 28.9 Å². The summed E-state index contributed by atoms with van der Waals surface area (Å²) in [6.45, 7) is 3.92. The molecule has 2 aliphatic heterocycles. The van der Waals surface area contributed by atoms with Crippen molar-refractivity contribution in [2.24, 2.45) is 0 Å². The lowest BCUT2D eigenvalue weighted by Crippen LogP contribution is -2.25. The van der Waals surface area contributed by atoms with Crippen molar-refractivity contribution in [1.82, 2.24) is 4.98 Å². The lowest BCUT2D eigenvalue weighted by Gasteiger charge is -2.19. The smallest absolute Gasteiger partial charge is 0.310 e. The van der Waals surface area contributed by atoms with E-state index in [1.165, 1.54) is 28.9 Å². The zero-order valence-corrected chi connectivity index (χ0v) is 17.2. The molecule has 1 unspecified atom stereocenters. The molecule has 0 amide bonds. The molecule has 150 valence electrons. The van der Waals surface area contributed by atoms with Crippen LogP contribution in [-0.4, -0.2) is 43.2 Å². The van der Waals surface area contributed by atoms with Crippen LogP contribution in [0.1, 0.15) is 24.8 Å². The molecule has 5 nitrogen and oxygen atoms in total. The van der Waals surface area contributed by atoms with Crippen molar-refractivity contribution in [2.75, 3.05) is 36.0 Å². The van der Waals surface area contributed by atoms with Crippen molar-refractivity contribution in [1.29, 1.82) is 0 Å². The van der Waals surface area contributed by atoms with Crippen LogP contribution in [-0.2, 0) is 16.0 Å². The molecule has 4 heterocycles. The van der Waals surface area contributed by atoms with Crippen LogP contribution in [0.15, 0.2) is 48.0 Å². The number of hydrogen-bond donors (Lipinski definition) is 0. The highest BCUT2D eigenvalue weighted by Crippen LogP contribution is 2.32. The number of benzene rings is 1. The predicted octanol–water partition coefficient (Wildman–Crippen LogP) is 4.26. The average Bonchev–Trinajstić information content (AvgIpc) is 3.49. The van der Waals surface area contributed by atoms with Crippen LogP contribution in [0.2, 0.25) is 0 Å². The summed E-state index contributed by atoms with van der Waals surface area (Å²) in [6.07, 6.45) is 5.55. The fourth-order valence-corrected chi connectivity index (χ4v) is 5.24. The second kappa shape index (κ2) is 8.03. The standard InChI is InChI=1S/C23H25N3O2S/c27-22(15-17-3-5-18(6-4-17)25-11-1-2-12-25)28-19-8-13-26(16-19)21-7-10-24-20-9-14-29-23(20)21/h3-7,9-10,14,19H,1-2,8,11-13,15-16H2. The first-order chi connectivity index (χ1) is 14.3. The topological polar surface area (TPSA) is 45.7 Å². The molecule has 1 aromatic carbocycles. The van der Waals surface area contributed by atoms with Gasteiger partial charge in [-0.25, -0.2) is 0 Å². The molecule has 0 spiro atoms. The van der Waals surface area contributed by atoms with Crippen LogP contribution < -0.4 is 9.80 Å². The zero-order valence-electron chi connectivity index (χ0n) is 16.4. The highest BCUT2D eigenvalue weighted by Gasteiger charge is 2.27. The van der Waals surface area contributed by atoms with Crippen LogP contribution in [0, 0.1) is 0 Å². The number of fused-ring (bicyclic) bond motifs is 1. The van der Waals surface area contributed by atoms with Crippen molar-refractivity contribution < 1.29 is 9.53 Å². The van der Waals surface area contributed by atoms with Crippen molar-refractivity contribution in [3.63, 3.8) is 0 Å². The molecule has 0 bridgehead atoms. The molecule has 0 N–H and O–H groups in total. The molecular weight excluding hydrogens is 382 g/mol. The molecular formula is C23H25N3O2S. The van der Waals surface area contributed by atoms with E-state index in [1.54, 1.807) is 11.3 Å². The zero-order chi connectivity index (χ0) is 19.6. The fourth-order valence-electron chi connectivity index (χ4n) is 4.35. The van der Waals surface area contributed by atoms with E-state index in [1.807, 2.05) is 12.3 Å². The van der Waals surface area contributed by atoms with Gasteiger partial charge in [0, 0.05) is 37.9 Å². The van der Waals surface area contributed by atoms with Crippen molar-refractivity contribution >= 4 is 38.9 Å². The van der Waals surface area contributed by atoms with E-state index in [0.29, 0.717) is 6.42 Å². The second-order valence-electron chi connectivity index (χ2n) is 7.85. The molecule has 3 aromatic rings. The molecule has 2 fully saturated rings. The molecule has 0 saturated carbocycles. The summed E-state index contributed by atoms with van der Waals surface area (Å²) < 4.78 is 6.99. The van der Waals surface area contributed by atoms with Gasteiger partial charge in [-0.15, -0.1) is 11.3 Å². The number of anilines is 2. The molecule has 1 atom stereocenters. The van der Waals surface area contributed by atoms with Crippen molar-refractivity contribution in [2.45, 2.75) is 31.8 Å². The Morgan fingerprint density at radius 1 is 1.07 bits per heavy atom. The van der Waals surface area contributed by atoms with E-state index < -0.39 is 0 Å². The maximum Gasteiger partial charge on any atom is 0.310 e. The number of carbonyl (C=O) groups is 1. The van der Waals surface area contributed by atoms with Gasteiger partial charge in [-0.1, -0.05) is 12.1 Å².